The number of sulfonamides is 1. The quantitative estimate of drug-likeness (QED) is 0.169. The third-order valence-electron chi connectivity index (χ3n) is 5.78. The lowest BCUT2D eigenvalue weighted by Gasteiger charge is -2.24. The number of carbonyl (C=O) groups is 1. The standard InChI is InChI=1S/C27H22Cl4N4O3S/c1-17-10-19(18(2)35(17)23-12-20(28)11-21(29)13-23)15-32-33-27(36)16-34(22-8-9-25(30)26(31)14-22)39(37,38)24-6-4-3-5-7-24/h3-15H,16H2,1-2H3,(H,33,36)/b32-15+. The zero-order valence-electron chi connectivity index (χ0n) is 20.7. The van der Waals surface area contributed by atoms with Crippen LogP contribution < -0.4 is 9.73 Å². The van der Waals surface area contributed by atoms with Gasteiger partial charge in [-0.2, -0.15) is 5.10 Å². The highest BCUT2D eigenvalue weighted by Gasteiger charge is 2.27. The smallest absolute Gasteiger partial charge is 0.264 e. The predicted octanol–water partition coefficient (Wildman–Crippen LogP) is 7.05. The number of hydrazone groups is 1. The second-order valence-electron chi connectivity index (χ2n) is 8.51. The number of benzene rings is 3. The number of amides is 1. The van der Waals surface area contributed by atoms with E-state index < -0.39 is 22.5 Å². The Morgan fingerprint density at radius 3 is 2.23 bits per heavy atom. The molecule has 0 saturated carbocycles. The second-order valence-corrected chi connectivity index (χ2v) is 12.1. The zero-order chi connectivity index (χ0) is 28.3. The van der Waals surface area contributed by atoms with Crippen molar-refractivity contribution in [2.75, 3.05) is 10.8 Å². The minimum absolute atomic E-state index is 0.0148. The fourth-order valence-corrected chi connectivity index (χ4v) is 6.24. The Bertz CT molecular complexity index is 1650. The Morgan fingerprint density at radius 1 is 0.923 bits per heavy atom. The van der Waals surface area contributed by atoms with Gasteiger partial charge in [-0.15, -0.1) is 0 Å². The third-order valence-corrected chi connectivity index (χ3v) is 8.74. The van der Waals surface area contributed by atoms with Crippen molar-refractivity contribution < 1.29 is 13.2 Å². The van der Waals surface area contributed by atoms with E-state index in [-0.39, 0.29) is 20.6 Å². The molecule has 4 rings (SSSR count). The van der Waals surface area contributed by atoms with Crippen molar-refractivity contribution in [2.45, 2.75) is 18.7 Å². The fourth-order valence-electron chi connectivity index (χ4n) is 4.00. The van der Waals surface area contributed by atoms with Gasteiger partial charge in [0.25, 0.3) is 15.9 Å². The van der Waals surface area contributed by atoms with Gasteiger partial charge >= 0.3 is 0 Å². The normalized spacial score (nSPS) is 11.6. The van der Waals surface area contributed by atoms with Gasteiger partial charge in [-0.05, 0) is 68.4 Å². The van der Waals surface area contributed by atoms with Crippen LogP contribution in [-0.4, -0.2) is 31.7 Å². The maximum absolute atomic E-state index is 13.4. The molecule has 0 fully saturated rings. The summed E-state index contributed by atoms with van der Waals surface area (Å²) in [7, 11) is -4.11. The molecule has 0 aliphatic carbocycles. The summed E-state index contributed by atoms with van der Waals surface area (Å²) < 4.78 is 29.8. The number of anilines is 1. The second kappa shape index (κ2) is 12.0. The largest absolute Gasteiger partial charge is 0.318 e. The molecule has 1 N–H and O–H groups in total. The van der Waals surface area contributed by atoms with Gasteiger partial charge in [0.15, 0.2) is 0 Å². The molecule has 0 unspecified atom stereocenters. The molecule has 0 radical (unpaired) electrons. The van der Waals surface area contributed by atoms with Crippen molar-refractivity contribution in [1.29, 1.82) is 0 Å². The van der Waals surface area contributed by atoms with Crippen LogP contribution in [0.2, 0.25) is 20.1 Å². The molecule has 0 aliphatic heterocycles. The predicted molar refractivity (Wildman–Crippen MR) is 158 cm³/mol. The molecule has 12 heteroatoms. The van der Waals surface area contributed by atoms with E-state index in [9.17, 15) is 13.2 Å². The van der Waals surface area contributed by atoms with Crippen LogP contribution in [0.4, 0.5) is 5.69 Å². The molecular formula is C27H22Cl4N4O3S. The number of hydrogen-bond acceptors (Lipinski definition) is 4. The van der Waals surface area contributed by atoms with Gasteiger partial charge in [-0.3, -0.25) is 9.10 Å². The van der Waals surface area contributed by atoms with Crippen molar-refractivity contribution in [3.63, 3.8) is 0 Å². The topological polar surface area (TPSA) is 83.8 Å². The average Bonchev–Trinajstić information content (AvgIpc) is 3.16. The summed E-state index contributed by atoms with van der Waals surface area (Å²) in [5.41, 5.74) is 5.85. The molecule has 1 amide bonds. The van der Waals surface area contributed by atoms with E-state index in [4.69, 9.17) is 46.4 Å². The summed E-state index contributed by atoms with van der Waals surface area (Å²) in [5.74, 6) is -0.660. The monoisotopic (exact) mass is 622 g/mol. The summed E-state index contributed by atoms with van der Waals surface area (Å²) in [6.07, 6.45) is 1.48. The van der Waals surface area contributed by atoms with Crippen LogP contribution in [0, 0.1) is 13.8 Å². The van der Waals surface area contributed by atoms with Gasteiger partial charge < -0.3 is 4.57 Å². The van der Waals surface area contributed by atoms with Crippen LogP contribution in [0.1, 0.15) is 17.0 Å². The zero-order valence-corrected chi connectivity index (χ0v) is 24.5. The van der Waals surface area contributed by atoms with Crippen LogP contribution in [0.5, 0.6) is 0 Å². The minimum Gasteiger partial charge on any atom is -0.318 e. The van der Waals surface area contributed by atoms with E-state index in [1.807, 2.05) is 24.5 Å². The lowest BCUT2D eigenvalue weighted by molar-refractivity contribution is -0.119. The highest BCUT2D eigenvalue weighted by molar-refractivity contribution is 7.92. The lowest BCUT2D eigenvalue weighted by Crippen LogP contribution is -2.39. The Labute approximate surface area is 246 Å². The summed E-state index contributed by atoms with van der Waals surface area (Å²) in [5, 5.41) is 5.47. The summed E-state index contributed by atoms with van der Waals surface area (Å²) in [6.45, 7) is 3.26. The van der Waals surface area contributed by atoms with Crippen molar-refractivity contribution >= 4 is 74.2 Å². The van der Waals surface area contributed by atoms with E-state index in [0.29, 0.717) is 10.0 Å². The molecule has 0 bridgehead atoms. The molecule has 0 saturated heterocycles. The Morgan fingerprint density at radius 2 is 1.59 bits per heavy atom. The van der Waals surface area contributed by atoms with Gasteiger partial charge in [0.05, 0.1) is 26.8 Å². The van der Waals surface area contributed by atoms with Gasteiger partial charge in [0, 0.05) is 32.7 Å². The van der Waals surface area contributed by atoms with Gasteiger partial charge in [-0.1, -0.05) is 64.6 Å². The van der Waals surface area contributed by atoms with Gasteiger partial charge in [0.1, 0.15) is 6.54 Å². The highest BCUT2D eigenvalue weighted by Crippen LogP contribution is 2.30. The molecule has 39 heavy (non-hydrogen) atoms. The maximum atomic E-state index is 13.4. The van der Waals surface area contributed by atoms with Crippen LogP contribution in [0.3, 0.4) is 0 Å². The minimum atomic E-state index is -4.11. The van der Waals surface area contributed by atoms with Crippen LogP contribution in [0.15, 0.2) is 82.8 Å². The van der Waals surface area contributed by atoms with Crippen LogP contribution in [-0.2, 0) is 14.8 Å². The van der Waals surface area contributed by atoms with E-state index in [2.05, 4.69) is 10.5 Å². The Kier molecular flexibility index (Phi) is 8.93. The number of carbonyl (C=O) groups excluding carboxylic acids is 1. The third kappa shape index (κ3) is 6.59. The number of hydrogen-bond donors (Lipinski definition) is 1. The first-order chi connectivity index (χ1) is 18.5. The molecular weight excluding hydrogens is 602 g/mol. The van der Waals surface area contributed by atoms with E-state index in [1.165, 1.54) is 36.5 Å². The summed E-state index contributed by atoms with van der Waals surface area (Å²) >= 11 is 24.5. The molecule has 1 heterocycles. The van der Waals surface area contributed by atoms with Crippen LogP contribution in [0.25, 0.3) is 5.69 Å². The molecule has 0 atom stereocenters. The first-order valence-electron chi connectivity index (χ1n) is 11.5. The number of rotatable bonds is 8. The van der Waals surface area contributed by atoms with Crippen molar-refractivity contribution in [2.24, 2.45) is 5.10 Å². The number of nitrogens with one attached hydrogen (secondary N) is 1. The summed E-state index contributed by atoms with van der Waals surface area (Å²) in [4.78, 5) is 12.9. The lowest BCUT2D eigenvalue weighted by atomic mass is 10.2. The van der Waals surface area contributed by atoms with Crippen LogP contribution >= 0.6 is 46.4 Å². The molecule has 0 spiro atoms. The first kappa shape index (κ1) is 29.0. The molecule has 0 aliphatic rings. The Balaban J connectivity index is 1.57. The molecule has 7 nitrogen and oxygen atoms in total. The molecule has 1 aromatic heterocycles. The molecule has 4 aromatic rings. The van der Waals surface area contributed by atoms with Crippen molar-refractivity contribution in [3.05, 3.63) is 110 Å². The SMILES string of the molecule is Cc1cc(/C=N/NC(=O)CN(c2ccc(Cl)c(Cl)c2)S(=O)(=O)c2ccccc2)c(C)n1-c1cc(Cl)cc(Cl)c1. The first-order valence-corrected chi connectivity index (χ1v) is 14.4. The maximum Gasteiger partial charge on any atom is 0.264 e. The number of halogens is 4. The molecule has 202 valence electrons. The fraction of sp³-hybridized carbons (Fsp3) is 0.111. The van der Waals surface area contributed by atoms with E-state index in [0.717, 1.165) is 26.9 Å². The van der Waals surface area contributed by atoms with Crippen molar-refractivity contribution in [1.82, 2.24) is 9.99 Å². The number of nitrogens with zero attached hydrogens (tertiary/aromatic N) is 3. The highest BCUT2D eigenvalue weighted by atomic mass is 35.5. The average molecular weight is 624 g/mol. The Hall–Kier alpha value is -3.01. The van der Waals surface area contributed by atoms with Gasteiger partial charge in [-0.25, -0.2) is 13.8 Å². The van der Waals surface area contributed by atoms with Crippen molar-refractivity contribution in [3.8, 4) is 5.69 Å². The van der Waals surface area contributed by atoms with E-state index in [1.54, 1.807) is 36.4 Å². The molecule has 3 aromatic carbocycles. The van der Waals surface area contributed by atoms with Gasteiger partial charge in [0.2, 0.25) is 0 Å². The summed E-state index contributed by atoms with van der Waals surface area (Å²) in [6, 6.07) is 19.2. The number of aromatic nitrogens is 1. The van der Waals surface area contributed by atoms with E-state index >= 15 is 0 Å². The number of aryl methyl sites for hydroxylation is 1.